The van der Waals surface area contributed by atoms with Crippen LogP contribution < -0.4 is 16.0 Å². The minimum Gasteiger partial charge on any atom is -0.454 e. The standard InChI is InChI=1S/C10H12N4O3/c1-4-10(2,3)17-9-7(14(15)16)5-6-8(12-9)13-11/h1,5-6H,11H2,2-3H3,(H,12,13). The van der Waals surface area contributed by atoms with Crippen LogP contribution in [0, 0.1) is 22.5 Å². The number of terminal acetylenes is 1. The molecule has 90 valence electrons. The Balaban J connectivity index is 3.19. The predicted octanol–water partition coefficient (Wildman–Crippen LogP) is 1.07. The lowest BCUT2D eigenvalue weighted by molar-refractivity contribution is -0.386. The van der Waals surface area contributed by atoms with Gasteiger partial charge < -0.3 is 10.2 Å². The molecular formula is C10H12N4O3. The van der Waals surface area contributed by atoms with Crippen LogP contribution >= 0.6 is 0 Å². The van der Waals surface area contributed by atoms with Crippen molar-refractivity contribution in [3.05, 3.63) is 22.2 Å². The van der Waals surface area contributed by atoms with E-state index in [2.05, 4.69) is 16.3 Å². The van der Waals surface area contributed by atoms with E-state index in [9.17, 15) is 10.1 Å². The van der Waals surface area contributed by atoms with Crippen molar-refractivity contribution < 1.29 is 9.66 Å². The highest BCUT2D eigenvalue weighted by Crippen LogP contribution is 2.28. The molecule has 0 unspecified atom stereocenters. The number of hydrogen-bond acceptors (Lipinski definition) is 6. The van der Waals surface area contributed by atoms with Gasteiger partial charge >= 0.3 is 5.69 Å². The van der Waals surface area contributed by atoms with E-state index in [0.29, 0.717) is 0 Å². The van der Waals surface area contributed by atoms with Gasteiger partial charge in [-0.05, 0) is 19.9 Å². The summed E-state index contributed by atoms with van der Waals surface area (Å²) in [7, 11) is 0. The molecule has 1 heterocycles. The normalized spacial score (nSPS) is 10.5. The lowest BCUT2D eigenvalue weighted by Gasteiger charge is -2.19. The lowest BCUT2D eigenvalue weighted by Crippen LogP contribution is -2.26. The van der Waals surface area contributed by atoms with Crippen LogP contribution in [0.2, 0.25) is 0 Å². The zero-order valence-corrected chi connectivity index (χ0v) is 9.43. The first-order valence-electron chi connectivity index (χ1n) is 4.68. The number of pyridine rings is 1. The fraction of sp³-hybridized carbons (Fsp3) is 0.300. The number of nitrogens with two attached hydrogens (primary N) is 1. The van der Waals surface area contributed by atoms with E-state index in [-0.39, 0.29) is 17.4 Å². The molecule has 0 aliphatic heterocycles. The summed E-state index contributed by atoms with van der Waals surface area (Å²) < 4.78 is 5.30. The molecule has 0 spiro atoms. The highest BCUT2D eigenvalue weighted by atomic mass is 16.6. The molecule has 7 heteroatoms. The Morgan fingerprint density at radius 2 is 2.29 bits per heavy atom. The third-order valence-electron chi connectivity index (χ3n) is 1.88. The number of nitrogen functional groups attached to an aromatic ring is 1. The van der Waals surface area contributed by atoms with Gasteiger partial charge in [-0.2, -0.15) is 4.98 Å². The number of aromatic nitrogens is 1. The lowest BCUT2D eigenvalue weighted by atomic mass is 10.1. The van der Waals surface area contributed by atoms with E-state index in [4.69, 9.17) is 17.0 Å². The minimum atomic E-state index is -0.995. The zero-order chi connectivity index (χ0) is 13.1. The molecule has 1 rings (SSSR count). The fourth-order valence-corrected chi connectivity index (χ4v) is 0.999. The summed E-state index contributed by atoms with van der Waals surface area (Å²) in [6.07, 6.45) is 5.24. The second-order valence-corrected chi connectivity index (χ2v) is 3.68. The molecule has 17 heavy (non-hydrogen) atoms. The second kappa shape index (κ2) is 4.67. The van der Waals surface area contributed by atoms with Crippen LogP contribution in [0.25, 0.3) is 0 Å². The van der Waals surface area contributed by atoms with Crippen LogP contribution in [0.3, 0.4) is 0 Å². The molecule has 0 atom stereocenters. The zero-order valence-electron chi connectivity index (χ0n) is 9.43. The molecule has 0 saturated carbocycles. The van der Waals surface area contributed by atoms with E-state index < -0.39 is 10.5 Å². The van der Waals surface area contributed by atoms with Crippen molar-refractivity contribution in [1.82, 2.24) is 4.98 Å². The molecule has 3 N–H and O–H groups in total. The molecule has 0 aromatic carbocycles. The van der Waals surface area contributed by atoms with E-state index in [1.165, 1.54) is 12.1 Å². The van der Waals surface area contributed by atoms with Crippen molar-refractivity contribution in [2.75, 3.05) is 5.43 Å². The van der Waals surface area contributed by atoms with E-state index in [1.54, 1.807) is 13.8 Å². The van der Waals surface area contributed by atoms with Crippen molar-refractivity contribution in [3.8, 4) is 18.2 Å². The first kappa shape index (κ1) is 12.7. The summed E-state index contributed by atoms with van der Waals surface area (Å²) in [5.41, 5.74) is 1.01. The number of ether oxygens (including phenoxy) is 1. The number of hydrogen-bond donors (Lipinski definition) is 2. The maximum atomic E-state index is 10.8. The first-order chi connectivity index (χ1) is 7.89. The largest absolute Gasteiger partial charge is 0.454 e. The number of rotatable bonds is 4. The Kier molecular flexibility index (Phi) is 3.50. The summed E-state index contributed by atoms with van der Waals surface area (Å²) >= 11 is 0. The SMILES string of the molecule is C#CC(C)(C)Oc1nc(NN)ccc1[N+](=O)[O-]. The average Bonchev–Trinajstić information content (AvgIpc) is 2.28. The Labute approximate surface area is 98.1 Å². The van der Waals surface area contributed by atoms with Crippen molar-refractivity contribution >= 4 is 11.5 Å². The average molecular weight is 236 g/mol. The van der Waals surface area contributed by atoms with Gasteiger partial charge in [-0.25, -0.2) is 5.84 Å². The van der Waals surface area contributed by atoms with Crippen molar-refractivity contribution in [2.24, 2.45) is 5.84 Å². The fourth-order valence-electron chi connectivity index (χ4n) is 0.999. The summed E-state index contributed by atoms with van der Waals surface area (Å²) in [4.78, 5) is 14.0. The van der Waals surface area contributed by atoms with Gasteiger partial charge in [0.25, 0.3) is 5.88 Å². The summed E-state index contributed by atoms with van der Waals surface area (Å²) in [6.45, 7) is 3.20. The summed E-state index contributed by atoms with van der Waals surface area (Å²) in [6, 6.07) is 2.61. The molecule has 0 amide bonds. The molecule has 0 saturated heterocycles. The third kappa shape index (κ3) is 3.06. The molecule has 0 bridgehead atoms. The molecular weight excluding hydrogens is 224 g/mol. The smallest absolute Gasteiger partial charge is 0.331 e. The number of nitro groups is 1. The van der Waals surface area contributed by atoms with Crippen molar-refractivity contribution in [3.63, 3.8) is 0 Å². The monoisotopic (exact) mass is 236 g/mol. The van der Waals surface area contributed by atoms with Gasteiger partial charge in [-0.1, -0.05) is 5.92 Å². The summed E-state index contributed by atoms with van der Waals surface area (Å²) in [5.74, 6) is 7.60. The van der Waals surface area contributed by atoms with Crippen LogP contribution in [0.5, 0.6) is 5.88 Å². The Morgan fingerprint density at radius 1 is 1.65 bits per heavy atom. The van der Waals surface area contributed by atoms with Gasteiger partial charge in [0.05, 0.1) is 4.92 Å². The summed E-state index contributed by atoms with van der Waals surface area (Å²) in [5, 5.41) is 10.8. The van der Waals surface area contributed by atoms with Crippen LogP contribution in [0.4, 0.5) is 11.5 Å². The molecule has 0 radical (unpaired) electrons. The molecule has 0 aliphatic rings. The second-order valence-electron chi connectivity index (χ2n) is 3.68. The first-order valence-corrected chi connectivity index (χ1v) is 4.68. The van der Waals surface area contributed by atoms with Gasteiger partial charge in [0.15, 0.2) is 5.60 Å². The van der Waals surface area contributed by atoms with Crippen LogP contribution in [0.1, 0.15) is 13.8 Å². The molecule has 1 aromatic rings. The molecule has 7 nitrogen and oxygen atoms in total. The maximum absolute atomic E-state index is 10.8. The van der Waals surface area contributed by atoms with Crippen molar-refractivity contribution in [2.45, 2.75) is 19.4 Å². The van der Waals surface area contributed by atoms with E-state index in [1.807, 2.05) is 0 Å². The van der Waals surface area contributed by atoms with Crippen LogP contribution in [-0.4, -0.2) is 15.5 Å². The minimum absolute atomic E-state index is 0.173. The molecule has 0 fully saturated rings. The van der Waals surface area contributed by atoms with Gasteiger partial charge in [0, 0.05) is 6.07 Å². The Bertz CT molecular complexity index is 479. The Morgan fingerprint density at radius 3 is 2.76 bits per heavy atom. The third-order valence-corrected chi connectivity index (χ3v) is 1.88. The number of anilines is 1. The van der Waals surface area contributed by atoms with Crippen LogP contribution in [-0.2, 0) is 0 Å². The van der Waals surface area contributed by atoms with Crippen LogP contribution in [0.15, 0.2) is 12.1 Å². The predicted molar refractivity (Wildman–Crippen MR) is 62.2 cm³/mol. The highest BCUT2D eigenvalue weighted by Gasteiger charge is 2.24. The Hall–Kier alpha value is -2.33. The van der Waals surface area contributed by atoms with Gasteiger partial charge in [0.1, 0.15) is 5.82 Å². The number of nitrogens with one attached hydrogen (secondary N) is 1. The van der Waals surface area contributed by atoms with Crippen molar-refractivity contribution in [1.29, 1.82) is 0 Å². The number of hydrazine groups is 1. The molecule has 1 aromatic heterocycles. The van der Waals surface area contributed by atoms with E-state index >= 15 is 0 Å². The van der Waals surface area contributed by atoms with Gasteiger partial charge in [-0.15, -0.1) is 6.42 Å². The molecule has 0 aliphatic carbocycles. The van der Waals surface area contributed by atoms with Gasteiger partial charge in [-0.3, -0.25) is 10.1 Å². The van der Waals surface area contributed by atoms with Gasteiger partial charge in [0.2, 0.25) is 0 Å². The highest BCUT2D eigenvalue weighted by molar-refractivity contribution is 5.49. The number of nitrogens with zero attached hydrogens (tertiary/aromatic N) is 2. The maximum Gasteiger partial charge on any atom is 0.331 e. The quantitative estimate of drug-likeness (QED) is 0.350. The van der Waals surface area contributed by atoms with E-state index in [0.717, 1.165) is 0 Å². The topological polar surface area (TPSA) is 103 Å².